The Labute approximate surface area is 176 Å². The Morgan fingerprint density at radius 1 is 1.00 bits per heavy atom. The van der Waals surface area contributed by atoms with Crippen molar-refractivity contribution >= 4 is 21.6 Å². The van der Waals surface area contributed by atoms with Gasteiger partial charge in [-0.2, -0.15) is 0 Å². The summed E-state index contributed by atoms with van der Waals surface area (Å²) < 4.78 is 39.1. The first-order valence-electron chi connectivity index (χ1n) is 9.39. The van der Waals surface area contributed by atoms with Gasteiger partial charge in [-0.05, 0) is 41.8 Å². The number of aryl methyl sites for hydroxylation is 1. The van der Waals surface area contributed by atoms with E-state index in [-0.39, 0.29) is 5.69 Å². The van der Waals surface area contributed by atoms with Crippen LogP contribution in [0.1, 0.15) is 22.7 Å². The topological polar surface area (TPSA) is 66.5 Å². The molecule has 3 rings (SSSR count). The van der Waals surface area contributed by atoms with Crippen LogP contribution in [0.25, 0.3) is 0 Å². The first-order chi connectivity index (χ1) is 14.3. The zero-order valence-electron chi connectivity index (χ0n) is 16.7. The van der Waals surface area contributed by atoms with Gasteiger partial charge in [0.1, 0.15) is 12.4 Å². The van der Waals surface area contributed by atoms with Crippen molar-refractivity contribution < 1.29 is 17.6 Å². The maximum Gasteiger partial charge on any atom is 0.241 e. The molecule has 0 aliphatic rings. The lowest BCUT2D eigenvalue weighted by Crippen LogP contribution is -2.42. The van der Waals surface area contributed by atoms with Crippen molar-refractivity contribution in [1.29, 1.82) is 0 Å². The summed E-state index contributed by atoms with van der Waals surface area (Å²) in [5.74, 6) is -1.08. The lowest BCUT2D eigenvalue weighted by Gasteiger charge is -2.25. The van der Waals surface area contributed by atoms with E-state index in [2.05, 4.69) is 5.32 Å². The van der Waals surface area contributed by atoms with Crippen molar-refractivity contribution in [3.05, 3.63) is 101 Å². The number of halogens is 1. The number of amides is 1. The van der Waals surface area contributed by atoms with E-state index in [1.807, 2.05) is 61.5 Å². The van der Waals surface area contributed by atoms with E-state index in [9.17, 15) is 17.6 Å². The number of carbonyl (C=O) groups is 1. The Hall–Kier alpha value is -3.19. The van der Waals surface area contributed by atoms with Gasteiger partial charge in [0.2, 0.25) is 15.9 Å². The van der Waals surface area contributed by atoms with E-state index < -0.39 is 34.3 Å². The summed E-state index contributed by atoms with van der Waals surface area (Å²) in [6.07, 6.45) is 0.987. The first-order valence-corrected chi connectivity index (χ1v) is 11.2. The Kier molecular flexibility index (Phi) is 6.52. The van der Waals surface area contributed by atoms with E-state index in [4.69, 9.17) is 0 Å². The summed E-state index contributed by atoms with van der Waals surface area (Å²) in [7, 11) is -3.80. The summed E-state index contributed by atoms with van der Waals surface area (Å²) >= 11 is 0. The molecule has 0 fully saturated rings. The molecule has 1 atom stereocenters. The molecule has 0 aliphatic heterocycles. The van der Waals surface area contributed by atoms with Crippen LogP contribution in [-0.4, -0.2) is 27.1 Å². The molecule has 0 bridgehead atoms. The van der Waals surface area contributed by atoms with Gasteiger partial charge >= 0.3 is 0 Å². The molecule has 5 nitrogen and oxygen atoms in total. The van der Waals surface area contributed by atoms with Gasteiger partial charge < -0.3 is 5.32 Å². The van der Waals surface area contributed by atoms with E-state index in [0.29, 0.717) is 0 Å². The second-order valence-corrected chi connectivity index (χ2v) is 8.92. The van der Waals surface area contributed by atoms with Crippen LogP contribution in [0.15, 0.2) is 78.9 Å². The van der Waals surface area contributed by atoms with Gasteiger partial charge in [0.25, 0.3) is 0 Å². The highest BCUT2D eigenvalue weighted by Crippen LogP contribution is 2.25. The third-order valence-corrected chi connectivity index (χ3v) is 5.86. The molecule has 1 N–H and O–H groups in total. The molecule has 0 unspecified atom stereocenters. The molecule has 156 valence electrons. The average molecular weight is 427 g/mol. The molecule has 0 heterocycles. The Morgan fingerprint density at radius 2 is 1.67 bits per heavy atom. The first kappa shape index (κ1) is 21.5. The zero-order chi connectivity index (χ0) is 21.7. The number of carbonyl (C=O) groups excluding carboxylic acids is 1. The van der Waals surface area contributed by atoms with Crippen molar-refractivity contribution in [2.75, 3.05) is 17.1 Å². The molecule has 0 radical (unpaired) electrons. The molecule has 0 saturated carbocycles. The third-order valence-electron chi connectivity index (χ3n) is 4.72. The largest absolute Gasteiger partial charge is 0.344 e. The van der Waals surface area contributed by atoms with E-state index in [0.717, 1.165) is 33.3 Å². The number of anilines is 1. The minimum atomic E-state index is -3.80. The number of sulfonamides is 1. The van der Waals surface area contributed by atoms with Crippen LogP contribution in [0, 0.1) is 12.7 Å². The van der Waals surface area contributed by atoms with Crippen molar-refractivity contribution in [3.8, 4) is 0 Å². The van der Waals surface area contributed by atoms with Gasteiger partial charge in [-0.1, -0.05) is 60.7 Å². The van der Waals surface area contributed by atoms with Gasteiger partial charge in [-0.3, -0.25) is 9.10 Å². The number of nitrogens with one attached hydrogen (secondary N) is 1. The molecule has 3 aromatic rings. The highest BCUT2D eigenvalue weighted by molar-refractivity contribution is 7.92. The Bertz CT molecular complexity index is 1130. The van der Waals surface area contributed by atoms with Gasteiger partial charge in [0.05, 0.1) is 18.0 Å². The average Bonchev–Trinajstić information content (AvgIpc) is 2.71. The minimum Gasteiger partial charge on any atom is -0.344 e. The van der Waals surface area contributed by atoms with Gasteiger partial charge in [0, 0.05) is 0 Å². The van der Waals surface area contributed by atoms with Crippen LogP contribution in [-0.2, 0) is 14.8 Å². The van der Waals surface area contributed by atoms with Crippen LogP contribution in [0.2, 0.25) is 0 Å². The van der Waals surface area contributed by atoms with Crippen LogP contribution < -0.4 is 9.62 Å². The molecule has 0 aliphatic carbocycles. The quantitative estimate of drug-likeness (QED) is 0.625. The fourth-order valence-electron chi connectivity index (χ4n) is 3.27. The van der Waals surface area contributed by atoms with Gasteiger partial charge in [0.15, 0.2) is 0 Å². The molecule has 3 aromatic carbocycles. The van der Waals surface area contributed by atoms with Crippen molar-refractivity contribution in [3.63, 3.8) is 0 Å². The fraction of sp³-hybridized carbons (Fsp3) is 0.174. The molecular weight excluding hydrogens is 403 g/mol. The molecule has 0 aromatic heterocycles. The smallest absolute Gasteiger partial charge is 0.241 e. The number of benzene rings is 3. The molecule has 30 heavy (non-hydrogen) atoms. The normalized spacial score (nSPS) is 12.2. The number of nitrogens with zero attached hydrogens (tertiary/aromatic N) is 1. The second-order valence-electron chi connectivity index (χ2n) is 7.02. The van der Waals surface area contributed by atoms with Crippen LogP contribution >= 0.6 is 0 Å². The van der Waals surface area contributed by atoms with Crippen molar-refractivity contribution in [2.24, 2.45) is 0 Å². The Balaban J connectivity index is 1.91. The van der Waals surface area contributed by atoms with Gasteiger partial charge in [-0.25, -0.2) is 12.8 Å². The lowest BCUT2D eigenvalue weighted by atomic mass is 9.95. The highest BCUT2D eigenvalue weighted by Gasteiger charge is 2.24. The standard InChI is InChI=1S/C23H23FN2O3S/c1-17-9-6-7-14-21(17)23(18-10-4-3-5-11-18)25-22(27)16-26(30(2,28)29)20-13-8-12-19(24)15-20/h3-15,23H,16H2,1-2H3,(H,25,27)/t23-/m1/s1. The molecule has 0 saturated heterocycles. The maximum atomic E-state index is 13.6. The minimum absolute atomic E-state index is 0.0970. The fourth-order valence-corrected chi connectivity index (χ4v) is 4.11. The zero-order valence-corrected chi connectivity index (χ0v) is 17.6. The van der Waals surface area contributed by atoms with Crippen molar-refractivity contribution in [2.45, 2.75) is 13.0 Å². The summed E-state index contributed by atoms with van der Waals surface area (Å²) in [6, 6.07) is 21.8. The molecule has 0 spiro atoms. The summed E-state index contributed by atoms with van der Waals surface area (Å²) in [5, 5.41) is 2.94. The monoisotopic (exact) mass is 426 g/mol. The number of hydrogen-bond donors (Lipinski definition) is 1. The third kappa shape index (κ3) is 5.24. The molecule has 7 heteroatoms. The predicted octanol–water partition coefficient (Wildman–Crippen LogP) is 3.81. The van der Waals surface area contributed by atoms with E-state index in [1.165, 1.54) is 18.2 Å². The van der Waals surface area contributed by atoms with Crippen LogP contribution in [0.3, 0.4) is 0 Å². The summed E-state index contributed by atoms with van der Waals surface area (Å²) in [4.78, 5) is 12.9. The molecule has 1 amide bonds. The predicted molar refractivity (Wildman–Crippen MR) is 116 cm³/mol. The van der Waals surface area contributed by atoms with E-state index >= 15 is 0 Å². The van der Waals surface area contributed by atoms with Crippen LogP contribution in [0.4, 0.5) is 10.1 Å². The van der Waals surface area contributed by atoms with E-state index in [1.54, 1.807) is 0 Å². The van der Waals surface area contributed by atoms with Crippen molar-refractivity contribution in [1.82, 2.24) is 5.32 Å². The SMILES string of the molecule is Cc1ccccc1[C@H](NC(=O)CN(c1cccc(F)c1)S(C)(=O)=O)c1ccccc1. The lowest BCUT2D eigenvalue weighted by molar-refractivity contribution is -0.120. The van der Waals surface area contributed by atoms with Crippen LogP contribution in [0.5, 0.6) is 0 Å². The summed E-state index contributed by atoms with van der Waals surface area (Å²) in [5.41, 5.74) is 2.88. The summed E-state index contributed by atoms with van der Waals surface area (Å²) in [6.45, 7) is 1.49. The highest BCUT2D eigenvalue weighted by atomic mass is 32.2. The number of hydrogen-bond acceptors (Lipinski definition) is 3. The Morgan fingerprint density at radius 3 is 2.30 bits per heavy atom. The molecular formula is C23H23FN2O3S. The maximum absolute atomic E-state index is 13.6. The number of rotatable bonds is 7. The van der Waals surface area contributed by atoms with Gasteiger partial charge in [-0.15, -0.1) is 0 Å². The second kappa shape index (κ2) is 9.09.